The predicted molar refractivity (Wildman–Crippen MR) is 113 cm³/mol. The van der Waals surface area contributed by atoms with Gasteiger partial charge >= 0.3 is 0 Å². The van der Waals surface area contributed by atoms with Gasteiger partial charge in [0.2, 0.25) is 0 Å². The summed E-state index contributed by atoms with van der Waals surface area (Å²) >= 11 is 0. The summed E-state index contributed by atoms with van der Waals surface area (Å²) in [7, 11) is 0. The highest BCUT2D eigenvalue weighted by atomic mass is 19.1. The minimum atomic E-state index is -0.583. The van der Waals surface area contributed by atoms with Gasteiger partial charge in [0.15, 0.2) is 0 Å². The summed E-state index contributed by atoms with van der Waals surface area (Å²) in [6.45, 7) is 1.64. The molecule has 2 aromatic carbocycles. The fourth-order valence-corrected chi connectivity index (χ4v) is 4.11. The lowest BCUT2D eigenvalue weighted by Crippen LogP contribution is -2.52. The molecular weight excluding hydrogens is 383 g/mol. The maximum absolute atomic E-state index is 13.6. The van der Waals surface area contributed by atoms with Crippen molar-refractivity contribution >= 4 is 16.7 Å². The van der Waals surface area contributed by atoms with E-state index in [4.69, 9.17) is 5.73 Å². The number of aliphatic hydroxyl groups is 1. The number of hydrogen-bond donors (Lipinski definition) is 3. The lowest BCUT2D eigenvalue weighted by atomic mass is 9.88. The summed E-state index contributed by atoms with van der Waals surface area (Å²) in [4.78, 5) is 19.0. The van der Waals surface area contributed by atoms with Gasteiger partial charge in [-0.05, 0) is 29.5 Å². The lowest BCUT2D eigenvalue weighted by molar-refractivity contribution is 0.0550. The van der Waals surface area contributed by atoms with Crippen LogP contribution in [-0.2, 0) is 0 Å². The topological polar surface area (TPSA) is 91.5 Å². The van der Waals surface area contributed by atoms with Crippen molar-refractivity contribution in [2.75, 3.05) is 19.6 Å². The molecule has 1 saturated heterocycles. The van der Waals surface area contributed by atoms with Gasteiger partial charge in [0.1, 0.15) is 5.82 Å². The van der Waals surface area contributed by atoms with E-state index in [1.54, 1.807) is 18.5 Å². The molecule has 2 heterocycles. The third-order valence-electron chi connectivity index (χ3n) is 5.62. The van der Waals surface area contributed by atoms with Gasteiger partial charge in [0, 0.05) is 43.3 Å². The molecule has 0 radical (unpaired) electrons. The van der Waals surface area contributed by atoms with Gasteiger partial charge in [-0.25, -0.2) is 4.39 Å². The van der Waals surface area contributed by atoms with Crippen molar-refractivity contribution in [3.05, 3.63) is 77.9 Å². The molecule has 3 aromatic rings. The quantitative estimate of drug-likeness (QED) is 0.563. The molecule has 4 N–H and O–H groups in total. The van der Waals surface area contributed by atoms with Gasteiger partial charge in [-0.1, -0.05) is 36.4 Å². The smallest absolute Gasteiger partial charge is 0.254 e. The van der Waals surface area contributed by atoms with E-state index in [0.29, 0.717) is 31.6 Å². The van der Waals surface area contributed by atoms with Crippen LogP contribution in [-0.4, -0.2) is 52.8 Å². The molecule has 6 nitrogen and oxygen atoms in total. The Bertz CT molecular complexity index is 1040. The Balaban J connectivity index is 1.41. The average molecular weight is 408 g/mol. The van der Waals surface area contributed by atoms with Crippen LogP contribution in [0.25, 0.3) is 10.8 Å². The molecule has 1 amide bonds. The van der Waals surface area contributed by atoms with E-state index in [-0.39, 0.29) is 17.6 Å². The SMILES string of the molecule is NC(CN1CCC(O)C(c2cccc(F)c2)C1)NC(=O)c1cncc2ccccc12. The Kier molecular flexibility index (Phi) is 6.03. The fraction of sp³-hybridized carbons (Fsp3) is 0.304. The highest BCUT2D eigenvalue weighted by Gasteiger charge is 2.30. The Labute approximate surface area is 174 Å². The summed E-state index contributed by atoms with van der Waals surface area (Å²) in [6.07, 6.45) is 2.71. The van der Waals surface area contributed by atoms with Crippen LogP contribution < -0.4 is 11.1 Å². The first-order chi connectivity index (χ1) is 14.5. The van der Waals surface area contributed by atoms with Gasteiger partial charge in [0.25, 0.3) is 5.91 Å². The van der Waals surface area contributed by atoms with E-state index in [1.807, 2.05) is 30.3 Å². The molecule has 1 aromatic heterocycles. The first-order valence-corrected chi connectivity index (χ1v) is 10.1. The van der Waals surface area contributed by atoms with Crippen LogP contribution in [0.4, 0.5) is 4.39 Å². The van der Waals surface area contributed by atoms with E-state index < -0.39 is 12.3 Å². The normalized spacial score (nSPS) is 20.8. The highest BCUT2D eigenvalue weighted by Crippen LogP contribution is 2.28. The standard InChI is InChI=1S/C23H25FN4O2/c24-17-6-3-5-15(10-17)20-13-28(9-8-21(20)29)14-22(25)27-23(30)19-12-26-11-16-4-1-2-7-18(16)19/h1-7,10-12,20-22,29H,8-9,13-14,25H2,(H,27,30). The molecule has 3 atom stereocenters. The summed E-state index contributed by atoms with van der Waals surface area (Å²) in [5.41, 5.74) is 7.46. The van der Waals surface area contributed by atoms with Crippen LogP contribution in [0.1, 0.15) is 28.3 Å². The molecule has 30 heavy (non-hydrogen) atoms. The van der Waals surface area contributed by atoms with Crippen LogP contribution in [0.5, 0.6) is 0 Å². The fourth-order valence-electron chi connectivity index (χ4n) is 4.11. The van der Waals surface area contributed by atoms with E-state index in [9.17, 15) is 14.3 Å². The number of pyridine rings is 1. The molecule has 156 valence electrons. The monoisotopic (exact) mass is 408 g/mol. The number of likely N-dealkylation sites (tertiary alicyclic amines) is 1. The number of aliphatic hydroxyl groups excluding tert-OH is 1. The van der Waals surface area contributed by atoms with Gasteiger partial charge in [-0.2, -0.15) is 0 Å². The number of nitrogens with zero attached hydrogens (tertiary/aromatic N) is 2. The first-order valence-electron chi connectivity index (χ1n) is 10.1. The second kappa shape index (κ2) is 8.87. The van der Waals surface area contributed by atoms with Crippen molar-refractivity contribution in [1.29, 1.82) is 0 Å². The predicted octanol–water partition coefficient (Wildman–Crippen LogP) is 2.24. The van der Waals surface area contributed by atoms with Gasteiger partial charge in [0.05, 0.1) is 17.8 Å². The maximum Gasteiger partial charge on any atom is 0.254 e. The number of halogens is 1. The zero-order valence-corrected chi connectivity index (χ0v) is 16.5. The Morgan fingerprint density at radius 2 is 2.10 bits per heavy atom. The summed E-state index contributed by atoms with van der Waals surface area (Å²) in [5.74, 6) is -0.783. The van der Waals surface area contributed by atoms with Crippen molar-refractivity contribution in [2.45, 2.75) is 24.6 Å². The third kappa shape index (κ3) is 4.48. The molecule has 1 fully saturated rings. The number of hydrogen-bond acceptors (Lipinski definition) is 5. The lowest BCUT2D eigenvalue weighted by Gasteiger charge is -2.37. The molecule has 0 bridgehead atoms. The molecule has 0 aliphatic carbocycles. The second-order valence-electron chi connectivity index (χ2n) is 7.77. The summed E-state index contributed by atoms with van der Waals surface area (Å²) < 4.78 is 13.6. The number of fused-ring (bicyclic) bond motifs is 1. The van der Waals surface area contributed by atoms with Crippen LogP contribution in [0, 0.1) is 5.82 Å². The number of nitrogens with two attached hydrogens (primary N) is 1. The van der Waals surface area contributed by atoms with Gasteiger partial charge < -0.3 is 16.2 Å². The second-order valence-corrected chi connectivity index (χ2v) is 7.77. The van der Waals surface area contributed by atoms with Crippen molar-refractivity contribution in [1.82, 2.24) is 15.2 Å². The molecule has 1 aliphatic rings. The number of piperidine rings is 1. The van der Waals surface area contributed by atoms with Crippen molar-refractivity contribution < 1.29 is 14.3 Å². The number of carbonyl (C=O) groups is 1. The minimum Gasteiger partial charge on any atom is -0.392 e. The third-order valence-corrected chi connectivity index (χ3v) is 5.62. The number of aromatic nitrogens is 1. The van der Waals surface area contributed by atoms with E-state index >= 15 is 0 Å². The molecule has 1 aliphatic heterocycles. The van der Waals surface area contributed by atoms with E-state index in [2.05, 4.69) is 15.2 Å². The number of carbonyl (C=O) groups excluding carboxylic acids is 1. The van der Waals surface area contributed by atoms with Crippen molar-refractivity contribution in [3.63, 3.8) is 0 Å². The Hall–Kier alpha value is -2.87. The van der Waals surface area contributed by atoms with E-state index in [0.717, 1.165) is 16.3 Å². The van der Waals surface area contributed by atoms with E-state index in [1.165, 1.54) is 12.1 Å². The highest BCUT2D eigenvalue weighted by molar-refractivity contribution is 6.06. The minimum absolute atomic E-state index is 0.195. The summed E-state index contributed by atoms with van der Waals surface area (Å²) in [5, 5.41) is 15.0. The Morgan fingerprint density at radius 3 is 2.93 bits per heavy atom. The zero-order chi connectivity index (χ0) is 21.1. The van der Waals surface area contributed by atoms with Crippen LogP contribution in [0.3, 0.4) is 0 Å². The molecule has 4 rings (SSSR count). The van der Waals surface area contributed by atoms with Crippen molar-refractivity contribution in [2.24, 2.45) is 5.73 Å². The number of amides is 1. The number of rotatable bonds is 5. The Morgan fingerprint density at radius 1 is 1.27 bits per heavy atom. The van der Waals surface area contributed by atoms with Crippen LogP contribution >= 0.6 is 0 Å². The number of benzene rings is 2. The molecular formula is C23H25FN4O2. The zero-order valence-electron chi connectivity index (χ0n) is 16.5. The van der Waals surface area contributed by atoms with Crippen molar-refractivity contribution in [3.8, 4) is 0 Å². The maximum atomic E-state index is 13.6. The molecule has 0 saturated carbocycles. The van der Waals surface area contributed by atoms with Crippen LogP contribution in [0.15, 0.2) is 60.9 Å². The molecule has 0 spiro atoms. The van der Waals surface area contributed by atoms with Crippen LogP contribution in [0.2, 0.25) is 0 Å². The first kappa shape index (κ1) is 20.4. The average Bonchev–Trinajstić information content (AvgIpc) is 2.74. The summed E-state index contributed by atoms with van der Waals surface area (Å²) in [6, 6.07) is 13.9. The largest absolute Gasteiger partial charge is 0.392 e. The van der Waals surface area contributed by atoms with Gasteiger partial charge in [-0.15, -0.1) is 0 Å². The number of nitrogens with one attached hydrogen (secondary N) is 1. The molecule has 3 unspecified atom stereocenters. The molecule has 7 heteroatoms. The van der Waals surface area contributed by atoms with Gasteiger partial charge in [-0.3, -0.25) is 14.7 Å².